The van der Waals surface area contributed by atoms with Crippen molar-refractivity contribution < 1.29 is 13.2 Å². The Morgan fingerprint density at radius 3 is 2.14 bits per heavy atom. The first-order valence-electron chi connectivity index (χ1n) is 6.54. The second kappa shape index (κ2) is 6.50. The lowest BCUT2D eigenvalue weighted by molar-refractivity contribution is 0.415. The fraction of sp³-hybridized carbons (Fsp3) is 0.188. The monoisotopic (exact) mass is 316 g/mol. The van der Waals surface area contributed by atoms with E-state index in [1.165, 1.54) is 12.1 Å². The maximum Gasteiger partial charge on any atom is 0.175 e. The van der Waals surface area contributed by atoms with Gasteiger partial charge in [0.25, 0.3) is 0 Å². The second-order valence-corrected chi connectivity index (χ2v) is 6.79. The van der Waals surface area contributed by atoms with Crippen LogP contribution in [0.1, 0.15) is 11.6 Å². The van der Waals surface area contributed by atoms with Crippen molar-refractivity contribution in [3.63, 3.8) is 0 Å². The van der Waals surface area contributed by atoms with Crippen LogP contribution < -0.4 is 10.1 Å². The van der Waals surface area contributed by atoms with E-state index in [4.69, 9.17) is 4.74 Å². The molecular weight excluding hydrogens is 300 g/mol. The van der Waals surface area contributed by atoms with Crippen LogP contribution in [0.25, 0.3) is 0 Å². The maximum atomic E-state index is 11.4. The Balaban J connectivity index is 2.19. The molecule has 2 rings (SSSR count). The van der Waals surface area contributed by atoms with E-state index in [9.17, 15) is 13.7 Å². The van der Waals surface area contributed by atoms with Crippen molar-refractivity contribution in [2.75, 3.05) is 18.7 Å². The number of methoxy groups -OCH3 is 1. The van der Waals surface area contributed by atoms with Gasteiger partial charge in [-0.15, -0.1) is 0 Å². The molecule has 0 aliphatic carbocycles. The van der Waals surface area contributed by atoms with Gasteiger partial charge in [0.1, 0.15) is 11.8 Å². The van der Waals surface area contributed by atoms with Crippen LogP contribution in [0.2, 0.25) is 0 Å². The summed E-state index contributed by atoms with van der Waals surface area (Å²) in [6.07, 6.45) is 1.15. The molecule has 6 heteroatoms. The molecule has 0 aliphatic heterocycles. The summed E-state index contributed by atoms with van der Waals surface area (Å²) >= 11 is 0. The normalized spacial score (nSPS) is 12.2. The van der Waals surface area contributed by atoms with Gasteiger partial charge in [-0.3, -0.25) is 0 Å². The molecule has 0 saturated heterocycles. The highest BCUT2D eigenvalue weighted by Gasteiger charge is 2.12. The standard InChI is InChI=1S/C16H16N2O3S/c1-21-14-7-5-13(6-8-14)18-16(11-17)12-3-9-15(10-4-12)22(2,19)20/h3-10,16,18H,1-2H3. The van der Waals surface area contributed by atoms with Crippen LogP contribution in [-0.2, 0) is 9.84 Å². The summed E-state index contributed by atoms with van der Waals surface area (Å²) in [4.78, 5) is 0.234. The van der Waals surface area contributed by atoms with E-state index in [0.29, 0.717) is 5.56 Å². The average Bonchev–Trinajstić information content (AvgIpc) is 2.52. The first-order valence-corrected chi connectivity index (χ1v) is 8.43. The van der Waals surface area contributed by atoms with Gasteiger partial charge in [-0.05, 0) is 42.0 Å². The number of nitriles is 1. The molecule has 0 saturated carbocycles. The largest absolute Gasteiger partial charge is 0.497 e. The number of ether oxygens (including phenoxy) is 1. The van der Waals surface area contributed by atoms with Gasteiger partial charge >= 0.3 is 0 Å². The summed E-state index contributed by atoms with van der Waals surface area (Å²) in [5.41, 5.74) is 1.48. The number of rotatable bonds is 5. The molecule has 5 nitrogen and oxygen atoms in total. The van der Waals surface area contributed by atoms with E-state index in [1.54, 1.807) is 31.4 Å². The lowest BCUT2D eigenvalue weighted by atomic mass is 10.1. The van der Waals surface area contributed by atoms with Gasteiger partial charge in [0.15, 0.2) is 9.84 Å². The molecule has 0 aromatic heterocycles. The Hall–Kier alpha value is -2.52. The third-order valence-corrected chi connectivity index (χ3v) is 4.30. The predicted octanol–water partition coefficient (Wildman–Crippen LogP) is 2.78. The molecule has 2 aromatic rings. The molecule has 22 heavy (non-hydrogen) atoms. The summed E-state index contributed by atoms with van der Waals surface area (Å²) in [5, 5.41) is 12.4. The van der Waals surface area contributed by atoms with Gasteiger partial charge in [-0.25, -0.2) is 8.42 Å². The van der Waals surface area contributed by atoms with Crippen molar-refractivity contribution in [1.82, 2.24) is 0 Å². The van der Waals surface area contributed by atoms with Crippen molar-refractivity contribution in [3.8, 4) is 11.8 Å². The Labute approximate surface area is 130 Å². The molecule has 114 valence electrons. The third-order valence-electron chi connectivity index (χ3n) is 3.17. The number of nitrogens with zero attached hydrogens (tertiary/aromatic N) is 1. The Morgan fingerprint density at radius 1 is 1.09 bits per heavy atom. The summed E-state index contributed by atoms with van der Waals surface area (Å²) < 4.78 is 28.0. The van der Waals surface area contributed by atoms with Crippen LogP contribution in [0.5, 0.6) is 5.75 Å². The Bertz CT molecular complexity index is 776. The highest BCUT2D eigenvalue weighted by molar-refractivity contribution is 7.90. The first-order chi connectivity index (χ1) is 10.4. The topological polar surface area (TPSA) is 79.2 Å². The summed E-state index contributed by atoms with van der Waals surface area (Å²) in [7, 11) is -1.65. The van der Waals surface area contributed by atoms with Crippen LogP contribution in [0.15, 0.2) is 53.4 Å². The van der Waals surface area contributed by atoms with Crippen LogP contribution in [-0.4, -0.2) is 21.8 Å². The fourth-order valence-corrected chi connectivity index (χ4v) is 2.58. The van der Waals surface area contributed by atoms with E-state index in [-0.39, 0.29) is 4.90 Å². The van der Waals surface area contributed by atoms with E-state index in [0.717, 1.165) is 17.7 Å². The van der Waals surface area contributed by atoms with Crippen LogP contribution in [0.4, 0.5) is 5.69 Å². The van der Waals surface area contributed by atoms with Crippen LogP contribution in [0, 0.1) is 11.3 Å². The van der Waals surface area contributed by atoms with Crippen molar-refractivity contribution >= 4 is 15.5 Å². The molecule has 0 fully saturated rings. The zero-order chi connectivity index (χ0) is 16.2. The lowest BCUT2D eigenvalue weighted by Gasteiger charge is -2.14. The van der Waals surface area contributed by atoms with Crippen molar-refractivity contribution in [1.29, 1.82) is 5.26 Å². The quantitative estimate of drug-likeness (QED) is 0.917. The molecule has 0 bridgehead atoms. The molecule has 1 unspecified atom stereocenters. The molecule has 0 amide bonds. The SMILES string of the molecule is COc1ccc(NC(C#N)c2ccc(S(C)(=O)=O)cc2)cc1. The number of anilines is 1. The molecule has 1 N–H and O–H groups in total. The highest BCUT2D eigenvalue weighted by Crippen LogP contribution is 2.22. The van der Waals surface area contributed by atoms with Gasteiger partial charge in [0.05, 0.1) is 18.1 Å². The highest BCUT2D eigenvalue weighted by atomic mass is 32.2. The number of sulfone groups is 1. The molecule has 0 radical (unpaired) electrons. The van der Waals surface area contributed by atoms with E-state index in [2.05, 4.69) is 11.4 Å². The third kappa shape index (κ3) is 3.77. The lowest BCUT2D eigenvalue weighted by Crippen LogP contribution is -2.08. The minimum absolute atomic E-state index is 0.234. The van der Waals surface area contributed by atoms with E-state index >= 15 is 0 Å². The number of hydrogen-bond acceptors (Lipinski definition) is 5. The molecule has 2 aromatic carbocycles. The summed E-state index contributed by atoms with van der Waals surface area (Å²) in [6.45, 7) is 0. The number of benzene rings is 2. The van der Waals surface area contributed by atoms with Crippen molar-refractivity contribution in [3.05, 3.63) is 54.1 Å². The second-order valence-electron chi connectivity index (χ2n) is 4.78. The zero-order valence-electron chi connectivity index (χ0n) is 12.3. The summed E-state index contributed by atoms with van der Waals surface area (Å²) in [6, 6.07) is 15.1. The summed E-state index contributed by atoms with van der Waals surface area (Å²) in [5.74, 6) is 0.733. The number of nitrogens with one attached hydrogen (secondary N) is 1. The minimum atomic E-state index is -3.24. The smallest absolute Gasteiger partial charge is 0.175 e. The molecule has 0 spiro atoms. The van der Waals surface area contributed by atoms with Crippen molar-refractivity contribution in [2.24, 2.45) is 0 Å². The fourth-order valence-electron chi connectivity index (χ4n) is 1.95. The van der Waals surface area contributed by atoms with Gasteiger partial charge < -0.3 is 10.1 Å². The van der Waals surface area contributed by atoms with Crippen LogP contribution in [0.3, 0.4) is 0 Å². The zero-order valence-corrected chi connectivity index (χ0v) is 13.1. The van der Waals surface area contributed by atoms with Gasteiger partial charge in [-0.2, -0.15) is 5.26 Å². The molecular formula is C16H16N2O3S. The predicted molar refractivity (Wildman–Crippen MR) is 84.5 cm³/mol. The first kappa shape index (κ1) is 15.9. The minimum Gasteiger partial charge on any atom is -0.497 e. The van der Waals surface area contributed by atoms with Crippen LogP contribution >= 0.6 is 0 Å². The Morgan fingerprint density at radius 2 is 1.68 bits per heavy atom. The van der Waals surface area contributed by atoms with E-state index < -0.39 is 15.9 Å². The van der Waals surface area contributed by atoms with Gasteiger partial charge in [-0.1, -0.05) is 12.1 Å². The van der Waals surface area contributed by atoms with Gasteiger partial charge in [0, 0.05) is 11.9 Å². The molecule has 0 aliphatic rings. The molecule has 1 atom stereocenters. The maximum absolute atomic E-state index is 11.4. The Kier molecular flexibility index (Phi) is 4.68. The molecule has 0 heterocycles. The number of hydrogen-bond donors (Lipinski definition) is 1. The van der Waals surface area contributed by atoms with E-state index in [1.807, 2.05) is 12.1 Å². The van der Waals surface area contributed by atoms with Gasteiger partial charge in [0.2, 0.25) is 0 Å². The average molecular weight is 316 g/mol. The van der Waals surface area contributed by atoms with Crippen molar-refractivity contribution in [2.45, 2.75) is 10.9 Å².